The molecule has 0 aliphatic carbocycles. The molecule has 0 saturated carbocycles. The Morgan fingerprint density at radius 2 is 1.81 bits per heavy atom. The minimum Gasteiger partial charge on any atom is -0.472 e. The lowest BCUT2D eigenvalue weighted by Crippen LogP contribution is -2.24. The average Bonchev–Trinajstić information content (AvgIpc) is 2.17. The van der Waals surface area contributed by atoms with Crippen LogP contribution in [0.1, 0.15) is 12.5 Å². The summed E-state index contributed by atoms with van der Waals surface area (Å²) in [5, 5.41) is 0. The molecule has 0 amide bonds. The largest absolute Gasteiger partial charge is 0.472 e. The topological polar surface area (TPSA) is 35.2 Å². The summed E-state index contributed by atoms with van der Waals surface area (Å²) in [6.45, 7) is 1.77. The van der Waals surface area contributed by atoms with Gasteiger partial charge in [0.15, 0.2) is 6.23 Å². The van der Waals surface area contributed by atoms with Gasteiger partial charge in [-0.15, -0.1) is 0 Å². The zero-order valence-corrected chi connectivity index (χ0v) is 8.66. The molecule has 1 unspecified atom stereocenters. The van der Waals surface area contributed by atoms with E-state index in [9.17, 15) is 13.2 Å². The first kappa shape index (κ1) is 12.6. The molecule has 1 aromatic rings. The van der Waals surface area contributed by atoms with Gasteiger partial charge >= 0.3 is 6.18 Å². The van der Waals surface area contributed by atoms with E-state index in [1.807, 2.05) is 0 Å². The molecule has 2 nitrogen and oxygen atoms in total. The van der Waals surface area contributed by atoms with Gasteiger partial charge in [-0.05, 0) is 37.3 Å². The second kappa shape index (κ2) is 5.03. The van der Waals surface area contributed by atoms with Gasteiger partial charge in [-0.1, -0.05) is 6.08 Å². The van der Waals surface area contributed by atoms with Gasteiger partial charge in [-0.25, -0.2) is 0 Å². The Morgan fingerprint density at radius 1 is 1.25 bits per heavy atom. The van der Waals surface area contributed by atoms with E-state index < -0.39 is 18.0 Å². The van der Waals surface area contributed by atoms with Crippen molar-refractivity contribution in [3.8, 4) is 5.75 Å². The van der Waals surface area contributed by atoms with E-state index >= 15 is 0 Å². The SMILES string of the molecule is CC=CC(N)Oc1ccc(C(F)(F)F)cc1. The van der Waals surface area contributed by atoms with E-state index in [1.54, 1.807) is 19.1 Å². The van der Waals surface area contributed by atoms with Crippen LogP contribution in [0, 0.1) is 0 Å². The lowest BCUT2D eigenvalue weighted by Gasteiger charge is -2.11. The number of ether oxygens (including phenoxy) is 1. The second-order valence-electron chi connectivity index (χ2n) is 3.13. The molecule has 0 saturated heterocycles. The van der Waals surface area contributed by atoms with E-state index in [2.05, 4.69) is 0 Å². The Labute approximate surface area is 91.5 Å². The number of rotatable bonds is 3. The zero-order valence-electron chi connectivity index (χ0n) is 8.66. The van der Waals surface area contributed by atoms with Crippen LogP contribution in [0.3, 0.4) is 0 Å². The Balaban J connectivity index is 2.72. The minimum atomic E-state index is -4.33. The van der Waals surface area contributed by atoms with Gasteiger partial charge in [-0.3, -0.25) is 5.73 Å². The molecular formula is C11H12F3NO. The maximum absolute atomic E-state index is 12.2. The van der Waals surface area contributed by atoms with Crippen LogP contribution in [0.4, 0.5) is 13.2 Å². The van der Waals surface area contributed by atoms with Gasteiger partial charge in [-0.2, -0.15) is 13.2 Å². The minimum absolute atomic E-state index is 0.304. The smallest absolute Gasteiger partial charge is 0.416 e. The molecule has 0 aliphatic rings. The molecule has 0 radical (unpaired) electrons. The fourth-order valence-electron chi connectivity index (χ4n) is 1.11. The molecule has 88 valence electrons. The summed E-state index contributed by atoms with van der Waals surface area (Å²) in [4.78, 5) is 0. The highest BCUT2D eigenvalue weighted by atomic mass is 19.4. The monoisotopic (exact) mass is 231 g/mol. The number of allylic oxidation sites excluding steroid dienone is 1. The molecule has 16 heavy (non-hydrogen) atoms. The lowest BCUT2D eigenvalue weighted by atomic mass is 10.2. The van der Waals surface area contributed by atoms with E-state index in [0.717, 1.165) is 12.1 Å². The highest BCUT2D eigenvalue weighted by Gasteiger charge is 2.30. The van der Waals surface area contributed by atoms with Gasteiger partial charge in [0, 0.05) is 0 Å². The van der Waals surface area contributed by atoms with Crippen LogP contribution >= 0.6 is 0 Å². The predicted molar refractivity (Wildman–Crippen MR) is 54.9 cm³/mol. The standard InChI is InChI=1S/C11H12F3NO/c1-2-3-10(15)16-9-6-4-8(5-7-9)11(12,13)14/h2-7,10H,15H2,1H3. The van der Waals surface area contributed by atoms with Gasteiger partial charge in [0.2, 0.25) is 0 Å². The van der Waals surface area contributed by atoms with Crippen LogP contribution in [0.25, 0.3) is 0 Å². The van der Waals surface area contributed by atoms with Gasteiger partial charge in [0.1, 0.15) is 5.75 Å². The number of halogens is 3. The van der Waals surface area contributed by atoms with Crippen molar-refractivity contribution in [2.45, 2.75) is 19.3 Å². The number of benzene rings is 1. The molecule has 2 N–H and O–H groups in total. The quantitative estimate of drug-likeness (QED) is 0.641. The molecule has 1 atom stereocenters. The predicted octanol–water partition coefficient (Wildman–Crippen LogP) is 2.95. The molecule has 0 bridgehead atoms. The van der Waals surface area contributed by atoms with Crippen molar-refractivity contribution in [3.63, 3.8) is 0 Å². The average molecular weight is 231 g/mol. The van der Waals surface area contributed by atoms with Crippen LogP contribution in [0.5, 0.6) is 5.75 Å². The third-order valence-corrected chi connectivity index (χ3v) is 1.84. The fraction of sp³-hybridized carbons (Fsp3) is 0.273. The molecule has 0 aliphatic heterocycles. The summed E-state index contributed by atoms with van der Waals surface area (Å²) < 4.78 is 41.8. The fourth-order valence-corrected chi connectivity index (χ4v) is 1.11. The third kappa shape index (κ3) is 3.58. The van der Waals surface area contributed by atoms with Crippen molar-refractivity contribution in [2.75, 3.05) is 0 Å². The Hall–Kier alpha value is -1.49. The normalized spacial score (nSPS) is 14.1. The first-order chi connectivity index (χ1) is 7.43. The Morgan fingerprint density at radius 3 is 2.25 bits per heavy atom. The van der Waals surface area contributed by atoms with Gasteiger partial charge in [0.05, 0.1) is 5.56 Å². The van der Waals surface area contributed by atoms with Gasteiger partial charge < -0.3 is 4.74 Å². The molecule has 5 heteroatoms. The second-order valence-corrected chi connectivity index (χ2v) is 3.13. The zero-order chi connectivity index (χ0) is 12.2. The number of nitrogens with two attached hydrogens (primary N) is 1. The maximum Gasteiger partial charge on any atom is 0.416 e. The molecular weight excluding hydrogens is 219 g/mol. The Bertz CT molecular complexity index is 356. The number of hydrogen-bond acceptors (Lipinski definition) is 2. The molecule has 0 aromatic heterocycles. The number of hydrogen-bond donors (Lipinski definition) is 1. The van der Waals surface area contributed by atoms with E-state index in [4.69, 9.17) is 10.5 Å². The lowest BCUT2D eigenvalue weighted by molar-refractivity contribution is -0.137. The van der Waals surface area contributed by atoms with Crippen molar-refractivity contribution >= 4 is 0 Å². The van der Waals surface area contributed by atoms with E-state index in [0.29, 0.717) is 5.75 Å². The van der Waals surface area contributed by atoms with Crippen molar-refractivity contribution in [1.82, 2.24) is 0 Å². The summed E-state index contributed by atoms with van der Waals surface area (Å²) in [6, 6.07) is 4.40. The van der Waals surface area contributed by atoms with E-state index in [-0.39, 0.29) is 0 Å². The van der Waals surface area contributed by atoms with E-state index in [1.165, 1.54) is 12.1 Å². The van der Waals surface area contributed by atoms with Crippen molar-refractivity contribution in [2.24, 2.45) is 5.73 Å². The van der Waals surface area contributed by atoms with Crippen molar-refractivity contribution < 1.29 is 17.9 Å². The summed E-state index contributed by atoms with van der Waals surface area (Å²) in [7, 11) is 0. The molecule has 0 heterocycles. The molecule has 1 rings (SSSR count). The third-order valence-electron chi connectivity index (χ3n) is 1.84. The van der Waals surface area contributed by atoms with Crippen molar-refractivity contribution in [1.29, 1.82) is 0 Å². The maximum atomic E-state index is 12.2. The first-order valence-electron chi connectivity index (χ1n) is 4.66. The van der Waals surface area contributed by atoms with Crippen LogP contribution < -0.4 is 10.5 Å². The summed E-state index contributed by atoms with van der Waals surface area (Å²) in [6.07, 6.45) is -1.68. The highest BCUT2D eigenvalue weighted by molar-refractivity contribution is 5.29. The Kier molecular flexibility index (Phi) is 3.95. The summed E-state index contributed by atoms with van der Waals surface area (Å²) in [5.41, 5.74) is 4.80. The first-order valence-corrected chi connectivity index (χ1v) is 4.66. The summed E-state index contributed by atoms with van der Waals surface area (Å²) >= 11 is 0. The van der Waals surface area contributed by atoms with Crippen LogP contribution in [0.15, 0.2) is 36.4 Å². The molecule has 0 spiro atoms. The van der Waals surface area contributed by atoms with Crippen LogP contribution in [-0.4, -0.2) is 6.23 Å². The molecule has 1 aromatic carbocycles. The summed E-state index contributed by atoms with van der Waals surface area (Å²) in [5.74, 6) is 0.304. The van der Waals surface area contributed by atoms with Crippen LogP contribution in [0.2, 0.25) is 0 Å². The van der Waals surface area contributed by atoms with Crippen LogP contribution in [-0.2, 0) is 6.18 Å². The van der Waals surface area contributed by atoms with Crippen molar-refractivity contribution in [3.05, 3.63) is 42.0 Å². The number of alkyl halides is 3. The molecule has 0 fully saturated rings. The van der Waals surface area contributed by atoms with Gasteiger partial charge in [0.25, 0.3) is 0 Å². The highest BCUT2D eigenvalue weighted by Crippen LogP contribution is 2.30.